The molecule has 164 valence electrons. The van der Waals surface area contributed by atoms with Gasteiger partial charge >= 0.3 is 6.18 Å². The molecule has 3 fully saturated rings. The third-order valence-corrected chi connectivity index (χ3v) is 6.05. The van der Waals surface area contributed by atoms with E-state index >= 15 is 0 Å². The Morgan fingerprint density at radius 2 is 1.87 bits per heavy atom. The van der Waals surface area contributed by atoms with Crippen LogP contribution in [0.5, 0.6) is 5.88 Å². The second-order valence-electron chi connectivity index (χ2n) is 8.28. The summed E-state index contributed by atoms with van der Waals surface area (Å²) < 4.78 is 44.3. The smallest absolute Gasteiger partial charge is 0.417 e. The van der Waals surface area contributed by atoms with Crippen LogP contribution in [0.1, 0.15) is 42.9 Å². The molecule has 0 N–H and O–H groups in total. The van der Waals surface area contributed by atoms with Crippen molar-refractivity contribution in [3.05, 3.63) is 42.0 Å². The fourth-order valence-corrected chi connectivity index (χ4v) is 4.25. The van der Waals surface area contributed by atoms with Crippen LogP contribution in [0.25, 0.3) is 0 Å². The molecule has 0 aromatic carbocycles. The van der Waals surface area contributed by atoms with Crippen molar-refractivity contribution in [1.29, 1.82) is 0 Å². The van der Waals surface area contributed by atoms with Gasteiger partial charge in [0.2, 0.25) is 5.88 Å². The standard InChI is InChI=1S/C21H22F3N5O2/c22-21(23,24)14-4-5-18(26-9-14)28-6-1-7-29-15(12-28)8-17(20(29)30)31-19-11-25-16(10-27-19)13-2-3-13/h4-5,9-11,13,15,17H,1-3,6-8,12H2/t15-,17-/m0/s1. The normalized spacial score (nSPS) is 24.2. The van der Waals surface area contributed by atoms with Gasteiger partial charge in [0.25, 0.3) is 5.91 Å². The van der Waals surface area contributed by atoms with Gasteiger partial charge in [-0.1, -0.05) is 0 Å². The molecule has 2 aromatic rings. The molecule has 5 rings (SSSR count). The lowest BCUT2D eigenvalue weighted by atomic mass is 10.2. The van der Waals surface area contributed by atoms with E-state index in [-0.39, 0.29) is 11.9 Å². The number of hydrogen-bond donors (Lipinski definition) is 0. The molecule has 4 heterocycles. The summed E-state index contributed by atoms with van der Waals surface area (Å²) in [6.45, 7) is 1.70. The summed E-state index contributed by atoms with van der Waals surface area (Å²) in [5, 5.41) is 0. The van der Waals surface area contributed by atoms with E-state index < -0.39 is 17.8 Å². The number of halogens is 3. The Hall–Kier alpha value is -2.91. The van der Waals surface area contributed by atoms with Crippen molar-refractivity contribution < 1.29 is 22.7 Å². The van der Waals surface area contributed by atoms with E-state index in [9.17, 15) is 18.0 Å². The summed E-state index contributed by atoms with van der Waals surface area (Å²) in [5.41, 5.74) is 0.185. The summed E-state index contributed by atoms with van der Waals surface area (Å²) in [6.07, 6.45) is 2.55. The van der Waals surface area contributed by atoms with E-state index in [0.29, 0.717) is 50.1 Å². The second-order valence-corrected chi connectivity index (χ2v) is 8.28. The third kappa shape index (κ3) is 4.15. The van der Waals surface area contributed by atoms with Gasteiger partial charge in [0.05, 0.1) is 29.7 Å². The lowest BCUT2D eigenvalue weighted by Gasteiger charge is -2.26. The minimum atomic E-state index is -4.41. The highest BCUT2D eigenvalue weighted by atomic mass is 19.4. The van der Waals surface area contributed by atoms with E-state index in [2.05, 4.69) is 15.0 Å². The Morgan fingerprint density at radius 3 is 2.52 bits per heavy atom. The maximum atomic E-state index is 12.9. The second kappa shape index (κ2) is 7.65. The van der Waals surface area contributed by atoms with Crippen LogP contribution in [0.4, 0.5) is 19.0 Å². The van der Waals surface area contributed by atoms with E-state index in [0.717, 1.165) is 30.8 Å². The predicted octanol–water partition coefficient (Wildman–Crippen LogP) is 3.03. The van der Waals surface area contributed by atoms with E-state index in [1.54, 1.807) is 17.3 Å². The van der Waals surface area contributed by atoms with Crippen LogP contribution in [0, 0.1) is 0 Å². The SMILES string of the molecule is O=C1[C@@H](Oc2cnc(C3CC3)cn2)C[C@H]2CN(c3ccc(C(F)(F)F)cn3)CCCN12. The molecule has 2 aromatic heterocycles. The van der Waals surface area contributed by atoms with E-state index in [4.69, 9.17) is 4.74 Å². The van der Waals surface area contributed by atoms with Gasteiger partial charge in [-0.3, -0.25) is 9.78 Å². The van der Waals surface area contributed by atoms with Crippen LogP contribution < -0.4 is 9.64 Å². The lowest BCUT2D eigenvalue weighted by Crippen LogP contribution is -2.39. The average molecular weight is 433 g/mol. The highest BCUT2D eigenvalue weighted by Gasteiger charge is 2.43. The Balaban J connectivity index is 1.26. The Kier molecular flexibility index (Phi) is 4.94. The predicted molar refractivity (Wildman–Crippen MR) is 105 cm³/mol. The first-order valence-corrected chi connectivity index (χ1v) is 10.5. The molecule has 3 aliphatic rings. The number of nitrogens with zero attached hydrogens (tertiary/aromatic N) is 5. The number of pyridine rings is 1. The average Bonchev–Trinajstić information content (AvgIpc) is 3.57. The first kappa shape index (κ1) is 20.0. The van der Waals surface area contributed by atoms with Crippen molar-refractivity contribution in [2.45, 2.75) is 49.9 Å². The summed E-state index contributed by atoms with van der Waals surface area (Å²) in [7, 11) is 0. The Bertz CT molecular complexity index is 947. The van der Waals surface area contributed by atoms with E-state index in [1.165, 1.54) is 6.07 Å². The third-order valence-electron chi connectivity index (χ3n) is 6.05. The van der Waals surface area contributed by atoms with Crippen LogP contribution in [-0.4, -0.2) is 57.5 Å². The molecule has 7 nitrogen and oxygen atoms in total. The molecule has 2 aliphatic heterocycles. The molecule has 0 radical (unpaired) electrons. The van der Waals surface area contributed by atoms with Crippen LogP contribution in [0.2, 0.25) is 0 Å². The minimum absolute atomic E-state index is 0.0831. The van der Waals surface area contributed by atoms with Gasteiger partial charge < -0.3 is 14.5 Å². The quantitative estimate of drug-likeness (QED) is 0.738. The first-order chi connectivity index (χ1) is 14.9. The molecule has 0 bridgehead atoms. The summed E-state index contributed by atoms with van der Waals surface area (Å²) in [6, 6.07) is 2.34. The number of ether oxygens (including phenoxy) is 1. The minimum Gasteiger partial charge on any atom is -0.463 e. The van der Waals surface area contributed by atoms with Crippen molar-refractivity contribution >= 4 is 11.7 Å². The van der Waals surface area contributed by atoms with Gasteiger partial charge in [0.15, 0.2) is 6.10 Å². The molecule has 0 unspecified atom stereocenters. The molecule has 0 spiro atoms. The summed E-state index contributed by atoms with van der Waals surface area (Å²) >= 11 is 0. The molecule has 1 saturated carbocycles. The monoisotopic (exact) mass is 433 g/mol. The maximum absolute atomic E-state index is 12.9. The van der Waals surface area contributed by atoms with Gasteiger partial charge in [0.1, 0.15) is 5.82 Å². The maximum Gasteiger partial charge on any atom is 0.417 e. The topological polar surface area (TPSA) is 71.5 Å². The fraction of sp³-hybridized carbons (Fsp3) is 0.524. The molecular formula is C21H22F3N5O2. The van der Waals surface area contributed by atoms with Crippen LogP contribution >= 0.6 is 0 Å². The van der Waals surface area contributed by atoms with Gasteiger partial charge in [0, 0.05) is 38.2 Å². The number of carbonyl (C=O) groups excluding carboxylic acids is 1. The van der Waals surface area contributed by atoms with Crippen molar-refractivity contribution in [2.24, 2.45) is 0 Å². The molecule has 2 saturated heterocycles. The zero-order chi connectivity index (χ0) is 21.6. The number of carbonyl (C=O) groups is 1. The number of anilines is 1. The molecular weight excluding hydrogens is 411 g/mol. The van der Waals surface area contributed by atoms with Gasteiger partial charge in [-0.05, 0) is 31.4 Å². The number of aromatic nitrogens is 3. The van der Waals surface area contributed by atoms with Crippen molar-refractivity contribution in [2.75, 3.05) is 24.5 Å². The highest BCUT2D eigenvalue weighted by Crippen LogP contribution is 2.38. The summed E-state index contributed by atoms with van der Waals surface area (Å²) in [4.78, 5) is 29.3. The molecule has 10 heteroatoms. The number of hydrogen-bond acceptors (Lipinski definition) is 6. The van der Waals surface area contributed by atoms with Gasteiger partial charge in [-0.25, -0.2) is 9.97 Å². The number of amides is 1. The molecule has 1 amide bonds. The Morgan fingerprint density at radius 1 is 1.03 bits per heavy atom. The number of fused-ring (bicyclic) bond motifs is 1. The fourth-order valence-electron chi connectivity index (χ4n) is 4.25. The zero-order valence-corrected chi connectivity index (χ0v) is 16.8. The lowest BCUT2D eigenvalue weighted by molar-refractivity contribution is -0.138. The molecule has 1 aliphatic carbocycles. The van der Waals surface area contributed by atoms with Crippen LogP contribution in [-0.2, 0) is 11.0 Å². The molecule has 2 atom stereocenters. The number of rotatable bonds is 4. The van der Waals surface area contributed by atoms with Gasteiger partial charge in [-0.15, -0.1) is 0 Å². The zero-order valence-electron chi connectivity index (χ0n) is 16.8. The summed E-state index contributed by atoms with van der Waals surface area (Å²) in [5.74, 6) is 1.23. The van der Waals surface area contributed by atoms with E-state index in [1.807, 2.05) is 4.90 Å². The number of alkyl halides is 3. The first-order valence-electron chi connectivity index (χ1n) is 10.5. The van der Waals surface area contributed by atoms with Crippen LogP contribution in [0.3, 0.4) is 0 Å². The largest absolute Gasteiger partial charge is 0.463 e. The highest BCUT2D eigenvalue weighted by molar-refractivity contribution is 5.84. The van der Waals surface area contributed by atoms with Crippen molar-refractivity contribution in [3.8, 4) is 5.88 Å². The van der Waals surface area contributed by atoms with Crippen molar-refractivity contribution in [3.63, 3.8) is 0 Å². The van der Waals surface area contributed by atoms with Crippen molar-refractivity contribution in [1.82, 2.24) is 19.9 Å². The molecule has 31 heavy (non-hydrogen) atoms. The van der Waals surface area contributed by atoms with Gasteiger partial charge in [-0.2, -0.15) is 13.2 Å². The van der Waals surface area contributed by atoms with Crippen LogP contribution in [0.15, 0.2) is 30.7 Å². The Labute approximate surface area is 177 Å².